The zero-order valence-corrected chi connectivity index (χ0v) is 16.4. The first-order valence-corrected chi connectivity index (χ1v) is 10.7. The molecule has 1 rings (SSSR count). The number of hydrogen-bond donors (Lipinski definition) is 3. The Hall–Kier alpha value is -1.14. The summed E-state index contributed by atoms with van der Waals surface area (Å²) < 4.78 is 37.4. The van der Waals surface area contributed by atoms with Crippen molar-refractivity contribution in [2.24, 2.45) is 0 Å². The maximum atomic E-state index is 11.8. The highest BCUT2D eigenvalue weighted by Gasteiger charge is 2.38. The van der Waals surface area contributed by atoms with Gasteiger partial charge in [0.25, 0.3) is 0 Å². The standard InChI is InChI=1S/C13H23NO4S2.C2HF3O2/c1-10(18-11-4-2-3-5-11)13(17)14-7-9-20-19-8-6-12(15)16;3-2(4,5)1(6)7/h10-11H,2-9H2,1H3,(H,14,17)(H,15,16);(H,6,7). The Morgan fingerprint density at radius 1 is 1.15 bits per heavy atom. The molecule has 3 N–H and O–H groups in total. The predicted octanol–water partition coefficient (Wildman–Crippen LogP) is 2.94. The van der Waals surface area contributed by atoms with Gasteiger partial charge in [-0.1, -0.05) is 34.4 Å². The van der Waals surface area contributed by atoms with Crippen LogP contribution in [0.25, 0.3) is 0 Å². The smallest absolute Gasteiger partial charge is 0.481 e. The summed E-state index contributed by atoms with van der Waals surface area (Å²) in [7, 11) is 3.10. The Morgan fingerprint density at radius 2 is 1.67 bits per heavy atom. The lowest BCUT2D eigenvalue weighted by Gasteiger charge is -2.17. The zero-order valence-electron chi connectivity index (χ0n) is 14.8. The molecule has 0 aromatic heterocycles. The Morgan fingerprint density at radius 3 is 2.15 bits per heavy atom. The lowest BCUT2D eigenvalue weighted by molar-refractivity contribution is -0.192. The van der Waals surface area contributed by atoms with E-state index in [4.69, 9.17) is 19.7 Å². The zero-order chi connectivity index (χ0) is 20.9. The summed E-state index contributed by atoms with van der Waals surface area (Å²) in [4.78, 5) is 31.0. The number of carboxylic acid groups (broad SMARTS) is 2. The second-order valence-corrected chi connectivity index (χ2v) is 8.27. The number of nitrogens with one attached hydrogen (secondary N) is 1. The van der Waals surface area contributed by atoms with Gasteiger partial charge in [0, 0.05) is 18.1 Å². The van der Waals surface area contributed by atoms with E-state index in [2.05, 4.69) is 5.32 Å². The minimum absolute atomic E-state index is 0.0620. The first-order chi connectivity index (χ1) is 12.5. The first-order valence-electron chi connectivity index (χ1n) is 8.23. The second-order valence-electron chi connectivity index (χ2n) is 5.57. The summed E-state index contributed by atoms with van der Waals surface area (Å²) in [5, 5.41) is 18.4. The molecule has 0 bridgehead atoms. The van der Waals surface area contributed by atoms with Crippen LogP contribution >= 0.6 is 21.6 Å². The molecule has 0 radical (unpaired) electrons. The Kier molecular flexibility index (Phi) is 13.4. The van der Waals surface area contributed by atoms with E-state index in [-0.39, 0.29) is 24.5 Å². The Bertz CT molecular complexity index is 473. The van der Waals surface area contributed by atoms with E-state index in [9.17, 15) is 22.8 Å². The minimum atomic E-state index is -5.08. The van der Waals surface area contributed by atoms with Crippen molar-refractivity contribution >= 4 is 39.4 Å². The lowest BCUT2D eigenvalue weighted by Crippen LogP contribution is -2.37. The average Bonchev–Trinajstić information content (AvgIpc) is 3.06. The van der Waals surface area contributed by atoms with E-state index in [0.717, 1.165) is 18.6 Å². The molecule has 1 saturated carbocycles. The fraction of sp³-hybridized carbons (Fsp3) is 0.800. The van der Waals surface area contributed by atoms with Gasteiger partial charge in [0.1, 0.15) is 6.10 Å². The Labute approximate surface area is 163 Å². The molecule has 0 aliphatic heterocycles. The van der Waals surface area contributed by atoms with Crippen LogP contribution in [0.4, 0.5) is 13.2 Å². The van der Waals surface area contributed by atoms with Gasteiger partial charge in [-0.05, 0) is 19.8 Å². The summed E-state index contributed by atoms with van der Waals surface area (Å²) in [6.07, 6.45) is -0.524. The second kappa shape index (κ2) is 13.9. The van der Waals surface area contributed by atoms with Crippen molar-refractivity contribution in [2.45, 2.75) is 57.4 Å². The van der Waals surface area contributed by atoms with Gasteiger partial charge in [-0.15, -0.1) is 0 Å². The molecule has 158 valence electrons. The van der Waals surface area contributed by atoms with Gasteiger partial charge in [0.05, 0.1) is 12.5 Å². The number of carbonyl (C=O) groups is 3. The molecule has 0 saturated heterocycles. The van der Waals surface area contributed by atoms with Gasteiger partial charge in [-0.3, -0.25) is 9.59 Å². The fourth-order valence-corrected chi connectivity index (χ4v) is 3.87. The monoisotopic (exact) mass is 435 g/mol. The van der Waals surface area contributed by atoms with Crippen LogP contribution in [-0.2, 0) is 19.1 Å². The van der Waals surface area contributed by atoms with E-state index in [0.29, 0.717) is 12.3 Å². The van der Waals surface area contributed by atoms with Crippen LogP contribution in [0, 0.1) is 0 Å². The molecule has 0 aromatic rings. The first kappa shape index (κ1) is 25.9. The van der Waals surface area contributed by atoms with Crippen LogP contribution in [-0.4, -0.2) is 64.5 Å². The number of ether oxygens (including phenoxy) is 1. The van der Waals surface area contributed by atoms with E-state index in [1.807, 2.05) is 0 Å². The van der Waals surface area contributed by atoms with Gasteiger partial charge in [-0.25, -0.2) is 4.79 Å². The number of hydrogen-bond acceptors (Lipinski definition) is 6. The number of carboxylic acids is 2. The summed E-state index contributed by atoms with van der Waals surface area (Å²) in [5.41, 5.74) is 0. The van der Waals surface area contributed by atoms with Crippen molar-refractivity contribution in [3.8, 4) is 0 Å². The molecule has 12 heteroatoms. The van der Waals surface area contributed by atoms with Crippen LogP contribution in [0.5, 0.6) is 0 Å². The lowest BCUT2D eigenvalue weighted by atomic mass is 10.3. The number of amides is 1. The maximum absolute atomic E-state index is 11.8. The summed E-state index contributed by atoms with van der Waals surface area (Å²) in [5.74, 6) is -2.23. The number of alkyl halides is 3. The quantitative estimate of drug-likeness (QED) is 0.355. The SMILES string of the molecule is CC(OC1CCCC1)C(=O)NCCSSCCC(=O)O.O=C(O)C(F)(F)F. The Balaban J connectivity index is 0.000000821. The van der Waals surface area contributed by atoms with E-state index in [1.54, 1.807) is 17.7 Å². The van der Waals surface area contributed by atoms with Crippen molar-refractivity contribution in [3.63, 3.8) is 0 Å². The highest BCUT2D eigenvalue weighted by molar-refractivity contribution is 8.76. The highest BCUT2D eigenvalue weighted by atomic mass is 33.1. The van der Waals surface area contributed by atoms with Crippen LogP contribution in [0.15, 0.2) is 0 Å². The normalized spacial score (nSPS) is 15.6. The highest BCUT2D eigenvalue weighted by Crippen LogP contribution is 2.22. The third-order valence-corrected chi connectivity index (χ3v) is 5.69. The fourth-order valence-electron chi connectivity index (χ4n) is 1.98. The molecule has 27 heavy (non-hydrogen) atoms. The summed E-state index contributed by atoms with van der Waals surface area (Å²) in [6, 6.07) is 0. The van der Waals surface area contributed by atoms with Crippen molar-refractivity contribution < 1.29 is 42.5 Å². The van der Waals surface area contributed by atoms with E-state index < -0.39 is 18.1 Å². The van der Waals surface area contributed by atoms with E-state index in [1.165, 1.54) is 23.6 Å². The minimum Gasteiger partial charge on any atom is -0.481 e. The molecule has 1 unspecified atom stereocenters. The van der Waals surface area contributed by atoms with Gasteiger partial charge in [-0.2, -0.15) is 13.2 Å². The summed E-state index contributed by atoms with van der Waals surface area (Å²) >= 11 is 0. The number of carbonyl (C=O) groups excluding carboxylic acids is 1. The molecule has 1 amide bonds. The predicted molar refractivity (Wildman–Crippen MR) is 96.7 cm³/mol. The van der Waals surface area contributed by atoms with E-state index >= 15 is 0 Å². The number of aliphatic carboxylic acids is 2. The molecule has 0 aromatic carbocycles. The molecule has 7 nitrogen and oxygen atoms in total. The van der Waals surface area contributed by atoms with Crippen LogP contribution in [0.3, 0.4) is 0 Å². The van der Waals surface area contributed by atoms with Crippen LogP contribution in [0.2, 0.25) is 0 Å². The van der Waals surface area contributed by atoms with Crippen molar-refractivity contribution in [1.29, 1.82) is 0 Å². The average molecular weight is 435 g/mol. The number of halogens is 3. The summed E-state index contributed by atoms with van der Waals surface area (Å²) in [6.45, 7) is 2.38. The third-order valence-electron chi connectivity index (χ3n) is 3.28. The molecular formula is C15H24F3NO6S2. The maximum Gasteiger partial charge on any atom is 0.490 e. The topological polar surface area (TPSA) is 113 Å². The van der Waals surface area contributed by atoms with Crippen molar-refractivity contribution in [3.05, 3.63) is 0 Å². The van der Waals surface area contributed by atoms with Gasteiger partial charge < -0.3 is 20.3 Å². The van der Waals surface area contributed by atoms with Crippen molar-refractivity contribution in [2.75, 3.05) is 18.1 Å². The van der Waals surface area contributed by atoms with Crippen molar-refractivity contribution in [1.82, 2.24) is 5.32 Å². The van der Waals surface area contributed by atoms with Crippen LogP contribution < -0.4 is 5.32 Å². The molecule has 1 aliphatic carbocycles. The largest absolute Gasteiger partial charge is 0.490 e. The molecule has 0 heterocycles. The van der Waals surface area contributed by atoms with Crippen LogP contribution in [0.1, 0.15) is 39.0 Å². The van der Waals surface area contributed by atoms with Gasteiger partial charge in [0.2, 0.25) is 5.91 Å². The van der Waals surface area contributed by atoms with Gasteiger partial charge in [0.15, 0.2) is 0 Å². The molecular weight excluding hydrogens is 411 g/mol. The molecule has 0 spiro atoms. The third kappa shape index (κ3) is 14.6. The molecule has 1 aliphatic rings. The van der Waals surface area contributed by atoms with Gasteiger partial charge >= 0.3 is 18.1 Å². The number of rotatable bonds is 10. The molecule has 1 atom stereocenters. The molecule has 1 fully saturated rings.